The standard InChI is InChI=1S/C43H32N2/c1-43(2)37-25-15-14-24-35(37)40-41(43)34-23-13-12-22-33(34)39-36-27-26-32(28-38(36)45(42(39)40)31-20-10-5-11-21-31)44(29-16-6-3-7-17-29)30-18-8-4-9-19-30/h3-28H,1-2H3. The van der Waals surface area contributed by atoms with Crippen LogP contribution < -0.4 is 4.90 Å². The second-order valence-electron chi connectivity index (χ2n) is 12.6. The fourth-order valence-electron chi connectivity index (χ4n) is 7.84. The topological polar surface area (TPSA) is 8.17 Å². The van der Waals surface area contributed by atoms with Crippen LogP contribution in [-0.2, 0) is 5.41 Å². The summed E-state index contributed by atoms with van der Waals surface area (Å²) in [4.78, 5) is 2.35. The first-order valence-electron chi connectivity index (χ1n) is 15.7. The van der Waals surface area contributed by atoms with Crippen molar-refractivity contribution in [2.45, 2.75) is 19.3 Å². The number of benzene rings is 7. The van der Waals surface area contributed by atoms with E-state index in [9.17, 15) is 0 Å². The predicted molar refractivity (Wildman–Crippen MR) is 191 cm³/mol. The third-order valence-electron chi connectivity index (χ3n) is 9.70. The van der Waals surface area contributed by atoms with E-state index in [0.717, 1.165) is 17.1 Å². The molecule has 0 atom stereocenters. The summed E-state index contributed by atoms with van der Waals surface area (Å²) >= 11 is 0. The number of aromatic nitrogens is 1. The van der Waals surface area contributed by atoms with E-state index < -0.39 is 0 Å². The Morgan fingerprint density at radius 1 is 0.511 bits per heavy atom. The molecule has 0 bridgehead atoms. The van der Waals surface area contributed by atoms with Crippen molar-refractivity contribution < 1.29 is 0 Å². The van der Waals surface area contributed by atoms with E-state index in [1.165, 1.54) is 60.5 Å². The van der Waals surface area contributed by atoms with E-state index in [2.05, 4.69) is 181 Å². The molecule has 45 heavy (non-hydrogen) atoms. The molecule has 8 aromatic rings. The highest BCUT2D eigenvalue weighted by Crippen LogP contribution is 2.56. The molecule has 0 amide bonds. The third kappa shape index (κ3) is 3.69. The molecule has 1 heterocycles. The Kier molecular flexibility index (Phi) is 5.58. The molecule has 1 aliphatic rings. The second kappa shape index (κ2) is 9.70. The maximum absolute atomic E-state index is 2.52. The Morgan fingerprint density at radius 2 is 1.09 bits per heavy atom. The van der Waals surface area contributed by atoms with Gasteiger partial charge in [0.1, 0.15) is 0 Å². The molecule has 0 saturated heterocycles. The molecule has 0 radical (unpaired) electrons. The van der Waals surface area contributed by atoms with Crippen molar-refractivity contribution in [1.82, 2.24) is 4.57 Å². The van der Waals surface area contributed by atoms with Gasteiger partial charge in [0.25, 0.3) is 0 Å². The first kappa shape index (κ1) is 25.9. The highest BCUT2D eigenvalue weighted by atomic mass is 15.1. The zero-order valence-electron chi connectivity index (χ0n) is 25.4. The number of para-hydroxylation sites is 3. The minimum Gasteiger partial charge on any atom is -0.310 e. The van der Waals surface area contributed by atoms with Gasteiger partial charge in [-0.05, 0) is 76.0 Å². The van der Waals surface area contributed by atoms with Crippen molar-refractivity contribution in [2.75, 3.05) is 4.90 Å². The van der Waals surface area contributed by atoms with Crippen LogP contribution in [0.15, 0.2) is 158 Å². The molecule has 0 spiro atoms. The van der Waals surface area contributed by atoms with Gasteiger partial charge in [-0.15, -0.1) is 0 Å². The normalized spacial score (nSPS) is 13.3. The van der Waals surface area contributed by atoms with Crippen LogP contribution in [0, 0.1) is 0 Å². The van der Waals surface area contributed by atoms with Gasteiger partial charge in [-0.2, -0.15) is 0 Å². The molecule has 0 aliphatic heterocycles. The molecule has 2 heteroatoms. The van der Waals surface area contributed by atoms with Gasteiger partial charge in [0.05, 0.1) is 11.0 Å². The zero-order chi connectivity index (χ0) is 30.1. The fourth-order valence-corrected chi connectivity index (χ4v) is 7.84. The maximum atomic E-state index is 2.52. The van der Waals surface area contributed by atoms with Crippen molar-refractivity contribution in [1.29, 1.82) is 0 Å². The van der Waals surface area contributed by atoms with Gasteiger partial charge in [-0.25, -0.2) is 0 Å². The molecule has 0 unspecified atom stereocenters. The van der Waals surface area contributed by atoms with E-state index in [0.29, 0.717) is 0 Å². The minimum absolute atomic E-state index is 0.125. The number of nitrogens with zero attached hydrogens (tertiary/aromatic N) is 2. The van der Waals surface area contributed by atoms with Crippen LogP contribution in [0.25, 0.3) is 49.4 Å². The SMILES string of the molecule is CC1(C)c2ccccc2-c2c1c1ccccc1c1c3ccc(N(c4ccccc4)c4ccccc4)cc3n(-c3ccccc3)c21. The van der Waals surface area contributed by atoms with Crippen LogP contribution in [0.5, 0.6) is 0 Å². The molecule has 1 aliphatic carbocycles. The van der Waals surface area contributed by atoms with Gasteiger partial charge >= 0.3 is 0 Å². The average Bonchev–Trinajstić information content (AvgIpc) is 3.55. The van der Waals surface area contributed by atoms with Crippen molar-refractivity contribution in [3.63, 3.8) is 0 Å². The first-order chi connectivity index (χ1) is 22.1. The number of rotatable bonds is 4. The molecule has 7 aromatic carbocycles. The molecular formula is C43H32N2. The molecule has 214 valence electrons. The Balaban J connectivity index is 1.47. The van der Waals surface area contributed by atoms with Gasteiger partial charge in [0.2, 0.25) is 0 Å². The van der Waals surface area contributed by atoms with E-state index in [-0.39, 0.29) is 5.41 Å². The highest BCUT2D eigenvalue weighted by Gasteiger charge is 2.39. The lowest BCUT2D eigenvalue weighted by Crippen LogP contribution is -2.15. The van der Waals surface area contributed by atoms with Crippen LogP contribution in [0.3, 0.4) is 0 Å². The van der Waals surface area contributed by atoms with Crippen LogP contribution >= 0.6 is 0 Å². The number of hydrogen-bond donors (Lipinski definition) is 0. The Labute approximate surface area is 263 Å². The van der Waals surface area contributed by atoms with Crippen LogP contribution in [-0.4, -0.2) is 4.57 Å². The minimum atomic E-state index is -0.125. The second-order valence-corrected chi connectivity index (χ2v) is 12.6. The van der Waals surface area contributed by atoms with Gasteiger partial charge in [-0.3, -0.25) is 0 Å². The van der Waals surface area contributed by atoms with Gasteiger partial charge < -0.3 is 9.47 Å². The van der Waals surface area contributed by atoms with E-state index in [1.807, 2.05) is 0 Å². The van der Waals surface area contributed by atoms with Crippen LogP contribution in [0.1, 0.15) is 25.0 Å². The number of anilines is 3. The quantitative estimate of drug-likeness (QED) is 0.202. The van der Waals surface area contributed by atoms with Gasteiger partial charge in [0, 0.05) is 44.5 Å². The van der Waals surface area contributed by atoms with Crippen LogP contribution in [0.2, 0.25) is 0 Å². The maximum Gasteiger partial charge on any atom is 0.0629 e. The summed E-state index contributed by atoms with van der Waals surface area (Å²) in [5.74, 6) is 0. The molecular weight excluding hydrogens is 544 g/mol. The highest BCUT2D eigenvalue weighted by molar-refractivity contribution is 6.27. The lowest BCUT2D eigenvalue weighted by Gasteiger charge is -2.25. The smallest absolute Gasteiger partial charge is 0.0629 e. The molecule has 1 aromatic heterocycles. The average molecular weight is 577 g/mol. The summed E-state index contributed by atoms with van der Waals surface area (Å²) in [6.07, 6.45) is 0. The van der Waals surface area contributed by atoms with Crippen molar-refractivity contribution in [3.05, 3.63) is 169 Å². The monoisotopic (exact) mass is 576 g/mol. The third-order valence-corrected chi connectivity index (χ3v) is 9.70. The first-order valence-corrected chi connectivity index (χ1v) is 15.7. The largest absolute Gasteiger partial charge is 0.310 e. The van der Waals surface area contributed by atoms with E-state index >= 15 is 0 Å². The summed E-state index contributed by atoms with van der Waals surface area (Å²) in [6.45, 7) is 4.78. The Bertz CT molecular complexity index is 2340. The lowest BCUT2D eigenvalue weighted by molar-refractivity contribution is 0.666. The number of fused-ring (bicyclic) bond motifs is 10. The van der Waals surface area contributed by atoms with Crippen molar-refractivity contribution >= 4 is 49.6 Å². The molecule has 9 rings (SSSR count). The lowest BCUT2D eigenvalue weighted by atomic mass is 9.79. The van der Waals surface area contributed by atoms with Gasteiger partial charge in [0.15, 0.2) is 0 Å². The Morgan fingerprint density at radius 3 is 1.78 bits per heavy atom. The van der Waals surface area contributed by atoms with E-state index in [1.54, 1.807) is 0 Å². The predicted octanol–water partition coefficient (Wildman–Crippen LogP) is 11.7. The zero-order valence-corrected chi connectivity index (χ0v) is 25.4. The summed E-state index contributed by atoms with van der Waals surface area (Å²) in [5.41, 5.74) is 12.4. The molecule has 2 nitrogen and oxygen atoms in total. The molecule has 0 fully saturated rings. The van der Waals surface area contributed by atoms with Gasteiger partial charge in [-0.1, -0.05) is 123 Å². The number of hydrogen-bond acceptors (Lipinski definition) is 1. The Hall–Kier alpha value is -5.60. The summed E-state index contributed by atoms with van der Waals surface area (Å²) < 4.78 is 2.52. The van der Waals surface area contributed by atoms with Crippen molar-refractivity contribution in [2.24, 2.45) is 0 Å². The van der Waals surface area contributed by atoms with Crippen molar-refractivity contribution in [3.8, 4) is 16.8 Å². The molecule has 0 saturated carbocycles. The summed E-state index contributed by atoms with van der Waals surface area (Å²) in [5, 5.41) is 5.23. The van der Waals surface area contributed by atoms with Crippen LogP contribution in [0.4, 0.5) is 17.1 Å². The fraction of sp³-hybridized carbons (Fsp3) is 0.0698. The van der Waals surface area contributed by atoms with E-state index in [4.69, 9.17) is 0 Å². The summed E-state index contributed by atoms with van der Waals surface area (Å²) in [6, 6.07) is 57.3. The summed E-state index contributed by atoms with van der Waals surface area (Å²) in [7, 11) is 0. The molecule has 0 N–H and O–H groups in total.